The summed E-state index contributed by atoms with van der Waals surface area (Å²) < 4.78 is 0. The van der Waals surface area contributed by atoms with Crippen LogP contribution in [0.4, 0.5) is 5.69 Å². The number of fused-ring (bicyclic) bond motifs is 1. The summed E-state index contributed by atoms with van der Waals surface area (Å²) in [4.78, 5) is 16.2. The molecule has 1 aliphatic carbocycles. The van der Waals surface area contributed by atoms with Crippen molar-refractivity contribution in [2.75, 3.05) is 18.4 Å². The van der Waals surface area contributed by atoms with Crippen LogP contribution >= 0.6 is 0 Å². The van der Waals surface area contributed by atoms with Crippen molar-refractivity contribution < 1.29 is 4.79 Å². The molecule has 1 aromatic heterocycles. The second kappa shape index (κ2) is 6.77. The summed E-state index contributed by atoms with van der Waals surface area (Å²) in [6.07, 6.45) is 6.09. The summed E-state index contributed by atoms with van der Waals surface area (Å²) in [7, 11) is 0. The number of aryl methyl sites for hydroxylation is 1. The maximum atomic E-state index is 11.7. The van der Waals surface area contributed by atoms with Crippen molar-refractivity contribution in [2.45, 2.75) is 32.6 Å². The first-order valence-corrected chi connectivity index (χ1v) is 8.11. The van der Waals surface area contributed by atoms with Gasteiger partial charge >= 0.3 is 0 Å². The zero-order valence-electron chi connectivity index (χ0n) is 13.1. The molecule has 0 saturated heterocycles. The van der Waals surface area contributed by atoms with Crippen molar-refractivity contribution >= 4 is 22.5 Å². The molecule has 1 aliphatic rings. The smallest absolute Gasteiger partial charge is 0.223 e. The molecule has 1 amide bonds. The number of para-hydroxylation sites is 1. The molecule has 1 saturated carbocycles. The molecule has 0 aliphatic heterocycles. The van der Waals surface area contributed by atoms with Gasteiger partial charge in [-0.25, -0.2) is 0 Å². The van der Waals surface area contributed by atoms with E-state index in [0.29, 0.717) is 0 Å². The lowest BCUT2D eigenvalue weighted by Gasteiger charge is -2.24. The van der Waals surface area contributed by atoms with Crippen LogP contribution in [0.2, 0.25) is 0 Å². The van der Waals surface area contributed by atoms with E-state index in [4.69, 9.17) is 0 Å². The highest BCUT2D eigenvalue weighted by molar-refractivity contribution is 5.92. The average Bonchev–Trinajstić information content (AvgIpc) is 2.46. The molecule has 0 bridgehead atoms. The fourth-order valence-corrected chi connectivity index (χ4v) is 2.82. The largest absolute Gasteiger partial charge is 0.384 e. The highest BCUT2D eigenvalue weighted by Crippen LogP contribution is 2.26. The van der Waals surface area contributed by atoms with Gasteiger partial charge in [0.2, 0.25) is 5.91 Å². The lowest BCUT2D eigenvalue weighted by Crippen LogP contribution is -2.35. The third-order valence-corrected chi connectivity index (χ3v) is 4.42. The number of carbonyl (C=O) groups excluding carboxylic acids is 1. The summed E-state index contributed by atoms with van der Waals surface area (Å²) in [5.41, 5.74) is 3.35. The number of nitrogens with one attached hydrogen (secondary N) is 2. The van der Waals surface area contributed by atoms with Crippen molar-refractivity contribution in [3.05, 3.63) is 36.0 Å². The number of aromatic nitrogens is 1. The van der Waals surface area contributed by atoms with Crippen molar-refractivity contribution in [2.24, 2.45) is 5.92 Å². The molecule has 116 valence electrons. The van der Waals surface area contributed by atoms with Gasteiger partial charge in [-0.15, -0.1) is 0 Å². The molecule has 1 aromatic carbocycles. The van der Waals surface area contributed by atoms with Gasteiger partial charge in [0.1, 0.15) is 0 Å². The zero-order chi connectivity index (χ0) is 15.4. The Morgan fingerprint density at radius 2 is 2.14 bits per heavy atom. The summed E-state index contributed by atoms with van der Waals surface area (Å²) in [6.45, 7) is 3.66. The Balaban J connectivity index is 1.49. The molecule has 0 spiro atoms. The molecular weight excluding hydrogens is 274 g/mol. The van der Waals surface area contributed by atoms with Crippen LogP contribution in [-0.2, 0) is 4.79 Å². The third kappa shape index (κ3) is 3.21. The van der Waals surface area contributed by atoms with Crippen molar-refractivity contribution in [1.82, 2.24) is 10.3 Å². The Morgan fingerprint density at radius 1 is 1.27 bits per heavy atom. The van der Waals surface area contributed by atoms with Gasteiger partial charge in [-0.1, -0.05) is 24.6 Å². The van der Waals surface area contributed by atoms with E-state index in [1.807, 2.05) is 12.3 Å². The number of hydrogen-bond donors (Lipinski definition) is 2. The van der Waals surface area contributed by atoms with Crippen LogP contribution in [0.1, 0.15) is 31.2 Å². The van der Waals surface area contributed by atoms with Crippen LogP contribution < -0.4 is 10.6 Å². The first-order chi connectivity index (χ1) is 10.8. The minimum Gasteiger partial charge on any atom is -0.384 e. The molecule has 4 heteroatoms. The minimum absolute atomic E-state index is 0.233. The molecular formula is C18H23N3O. The van der Waals surface area contributed by atoms with Gasteiger partial charge in [-0.05, 0) is 37.8 Å². The van der Waals surface area contributed by atoms with Crippen molar-refractivity contribution in [3.8, 4) is 0 Å². The maximum absolute atomic E-state index is 11.7. The van der Waals surface area contributed by atoms with E-state index in [1.54, 1.807) is 0 Å². The average molecular weight is 297 g/mol. The van der Waals surface area contributed by atoms with Crippen LogP contribution in [0.5, 0.6) is 0 Å². The van der Waals surface area contributed by atoms with E-state index < -0.39 is 0 Å². The Morgan fingerprint density at radius 3 is 2.91 bits per heavy atom. The fourth-order valence-electron chi connectivity index (χ4n) is 2.82. The number of nitrogens with zero attached hydrogens (tertiary/aromatic N) is 1. The van der Waals surface area contributed by atoms with Crippen LogP contribution in [0.25, 0.3) is 10.9 Å². The summed E-state index contributed by atoms with van der Waals surface area (Å²) in [5, 5.41) is 7.63. The van der Waals surface area contributed by atoms with Gasteiger partial charge in [0, 0.05) is 36.3 Å². The van der Waals surface area contributed by atoms with E-state index in [-0.39, 0.29) is 11.8 Å². The Hall–Kier alpha value is -2.10. The second-order valence-corrected chi connectivity index (χ2v) is 6.03. The van der Waals surface area contributed by atoms with Crippen LogP contribution in [-0.4, -0.2) is 24.0 Å². The van der Waals surface area contributed by atoms with E-state index in [1.165, 1.54) is 12.0 Å². The first-order valence-electron chi connectivity index (χ1n) is 8.11. The summed E-state index contributed by atoms with van der Waals surface area (Å²) >= 11 is 0. The van der Waals surface area contributed by atoms with E-state index in [2.05, 4.69) is 40.7 Å². The Bertz CT molecular complexity index is 664. The van der Waals surface area contributed by atoms with E-state index in [9.17, 15) is 4.79 Å². The predicted octanol–water partition coefficient (Wildman–Crippen LogP) is 3.26. The number of amides is 1. The monoisotopic (exact) mass is 297 g/mol. The predicted molar refractivity (Wildman–Crippen MR) is 89.9 cm³/mol. The Labute approximate surface area is 131 Å². The summed E-state index contributed by atoms with van der Waals surface area (Å²) in [5.74, 6) is 0.510. The SMILES string of the molecule is Cc1cccc2c(NCCCNC(=O)C3CCC3)ccnc12. The van der Waals surface area contributed by atoms with E-state index in [0.717, 1.165) is 48.9 Å². The van der Waals surface area contributed by atoms with Crippen molar-refractivity contribution in [1.29, 1.82) is 0 Å². The molecule has 2 N–H and O–H groups in total. The van der Waals surface area contributed by atoms with Crippen LogP contribution in [0.3, 0.4) is 0 Å². The molecule has 0 atom stereocenters. The number of pyridine rings is 1. The highest BCUT2D eigenvalue weighted by atomic mass is 16.1. The van der Waals surface area contributed by atoms with Crippen LogP contribution in [0.15, 0.2) is 30.5 Å². The van der Waals surface area contributed by atoms with E-state index >= 15 is 0 Å². The minimum atomic E-state index is 0.233. The molecule has 3 rings (SSSR count). The molecule has 22 heavy (non-hydrogen) atoms. The lowest BCUT2D eigenvalue weighted by atomic mass is 9.85. The fraction of sp³-hybridized carbons (Fsp3) is 0.444. The number of carbonyl (C=O) groups is 1. The number of rotatable bonds is 6. The van der Waals surface area contributed by atoms with Gasteiger partial charge in [-0.3, -0.25) is 9.78 Å². The van der Waals surface area contributed by atoms with Gasteiger partial charge in [0.25, 0.3) is 0 Å². The zero-order valence-corrected chi connectivity index (χ0v) is 13.1. The second-order valence-electron chi connectivity index (χ2n) is 6.03. The van der Waals surface area contributed by atoms with Gasteiger partial charge < -0.3 is 10.6 Å². The van der Waals surface area contributed by atoms with Crippen LogP contribution in [0, 0.1) is 12.8 Å². The van der Waals surface area contributed by atoms with Gasteiger partial charge in [0.15, 0.2) is 0 Å². The normalized spacial score (nSPS) is 14.6. The topological polar surface area (TPSA) is 54.0 Å². The van der Waals surface area contributed by atoms with Gasteiger partial charge in [-0.2, -0.15) is 0 Å². The highest BCUT2D eigenvalue weighted by Gasteiger charge is 2.24. The molecule has 1 fully saturated rings. The quantitative estimate of drug-likeness (QED) is 0.805. The molecule has 0 unspecified atom stereocenters. The molecule has 1 heterocycles. The maximum Gasteiger partial charge on any atom is 0.223 e. The lowest BCUT2D eigenvalue weighted by molar-refractivity contribution is -0.127. The molecule has 2 aromatic rings. The molecule has 4 nitrogen and oxygen atoms in total. The third-order valence-electron chi connectivity index (χ3n) is 4.42. The van der Waals surface area contributed by atoms with Gasteiger partial charge in [0.05, 0.1) is 5.52 Å². The number of anilines is 1. The summed E-state index contributed by atoms with van der Waals surface area (Å²) in [6, 6.07) is 8.24. The first kappa shape index (κ1) is 14.8. The Kier molecular flexibility index (Phi) is 4.56. The number of hydrogen-bond acceptors (Lipinski definition) is 3. The molecule has 0 radical (unpaired) electrons. The standard InChI is InChI=1S/C18H23N3O/c1-13-5-2-8-15-16(9-12-20-17(13)15)19-10-4-11-21-18(22)14-6-3-7-14/h2,5,8-9,12,14H,3-4,6-7,10-11H2,1H3,(H,19,20)(H,21,22). The number of benzene rings is 1. The van der Waals surface area contributed by atoms with Crippen molar-refractivity contribution in [3.63, 3.8) is 0 Å².